The molecule has 7 nitrogen and oxygen atoms in total. The van der Waals surface area contributed by atoms with Crippen molar-refractivity contribution in [2.75, 3.05) is 39.3 Å². The standard InChI is InChI=1S/C22H26N2O5/c1-27-18-8-6-16(7-9-18)22(10-12-29-13-11-22)15-23-20(25)21(26)24-17-4-3-5-19(14-17)28-2/h3-9,14H,10-13,15H2,1-2H3,(H,23,25)(H,24,26). The highest BCUT2D eigenvalue weighted by atomic mass is 16.5. The van der Waals surface area contributed by atoms with Gasteiger partial charge in [0.25, 0.3) is 0 Å². The first-order chi connectivity index (χ1) is 14.1. The molecule has 0 unspecified atom stereocenters. The Kier molecular flexibility index (Phi) is 6.72. The molecular weight excluding hydrogens is 372 g/mol. The van der Waals surface area contributed by atoms with Crippen LogP contribution in [0.4, 0.5) is 5.69 Å². The lowest BCUT2D eigenvalue weighted by molar-refractivity contribution is -0.136. The van der Waals surface area contributed by atoms with Crippen molar-refractivity contribution in [3.8, 4) is 11.5 Å². The molecule has 3 rings (SSSR count). The van der Waals surface area contributed by atoms with E-state index in [9.17, 15) is 9.59 Å². The van der Waals surface area contributed by atoms with Crippen molar-refractivity contribution in [2.45, 2.75) is 18.3 Å². The summed E-state index contributed by atoms with van der Waals surface area (Å²) in [7, 11) is 3.17. The second kappa shape index (κ2) is 9.43. The van der Waals surface area contributed by atoms with E-state index in [0.29, 0.717) is 31.2 Å². The zero-order valence-electron chi connectivity index (χ0n) is 16.7. The largest absolute Gasteiger partial charge is 0.497 e. The van der Waals surface area contributed by atoms with Crippen molar-refractivity contribution in [2.24, 2.45) is 0 Å². The Morgan fingerprint density at radius 1 is 0.966 bits per heavy atom. The maximum Gasteiger partial charge on any atom is 0.313 e. The topological polar surface area (TPSA) is 85.9 Å². The first kappa shape index (κ1) is 20.7. The number of amides is 2. The van der Waals surface area contributed by atoms with E-state index < -0.39 is 11.8 Å². The van der Waals surface area contributed by atoms with E-state index in [2.05, 4.69) is 10.6 Å². The van der Waals surface area contributed by atoms with Crippen LogP contribution >= 0.6 is 0 Å². The minimum atomic E-state index is -0.713. The normalized spacial score (nSPS) is 15.2. The summed E-state index contributed by atoms with van der Waals surface area (Å²) in [6.07, 6.45) is 1.52. The van der Waals surface area contributed by atoms with Crippen LogP contribution in [-0.4, -0.2) is 45.8 Å². The molecule has 2 N–H and O–H groups in total. The summed E-state index contributed by atoms with van der Waals surface area (Å²) in [5.74, 6) is -0.0103. The summed E-state index contributed by atoms with van der Waals surface area (Å²) in [6.45, 7) is 1.57. The molecule has 1 saturated heterocycles. The van der Waals surface area contributed by atoms with Crippen LogP contribution < -0.4 is 20.1 Å². The van der Waals surface area contributed by atoms with Crippen LogP contribution in [0.1, 0.15) is 18.4 Å². The summed E-state index contributed by atoms with van der Waals surface area (Å²) < 4.78 is 15.9. The number of carbonyl (C=O) groups is 2. The maximum absolute atomic E-state index is 12.4. The number of ether oxygens (including phenoxy) is 3. The predicted octanol–water partition coefficient (Wildman–Crippen LogP) is 2.51. The molecule has 2 aromatic rings. The SMILES string of the molecule is COc1ccc(C2(CNC(=O)C(=O)Nc3cccc(OC)c3)CCOCC2)cc1. The molecule has 0 aliphatic carbocycles. The molecule has 1 fully saturated rings. The van der Waals surface area contributed by atoms with Crippen LogP contribution in [0.15, 0.2) is 48.5 Å². The van der Waals surface area contributed by atoms with Gasteiger partial charge in [-0.1, -0.05) is 18.2 Å². The van der Waals surface area contributed by atoms with Gasteiger partial charge in [0.1, 0.15) is 11.5 Å². The van der Waals surface area contributed by atoms with Gasteiger partial charge < -0.3 is 24.8 Å². The highest BCUT2D eigenvalue weighted by Gasteiger charge is 2.35. The molecule has 0 bridgehead atoms. The van der Waals surface area contributed by atoms with Gasteiger partial charge in [-0.05, 0) is 42.7 Å². The summed E-state index contributed by atoms with van der Waals surface area (Å²) in [4.78, 5) is 24.7. The maximum atomic E-state index is 12.4. The first-order valence-electron chi connectivity index (χ1n) is 9.52. The van der Waals surface area contributed by atoms with Gasteiger partial charge in [-0.2, -0.15) is 0 Å². The van der Waals surface area contributed by atoms with Crippen molar-refractivity contribution in [3.05, 3.63) is 54.1 Å². The average Bonchev–Trinajstić information content (AvgIpc) is 2.78. The quantitative estimate of drug-likeness (QED) is 0.731. The number of rotatable bonds is 6. The van der Waals surface area contributed by atoms with Gasteiger partial charge >= 0.3 is 11.8 Å². The van der Waals surface area contributed by atoms with Gasteiger partial charge in [0, 0.05) is 36.9 Å². The van der Waals surface area contributed by atoms with Crippen molar-refractivity contribution in [1.29, 1.82) is 0 Å². The molecule has 0 aromatic heterocycles. The molecule has 0 atom stereocenters. The van der Waals surface area contributed by atoms with Gasteiger partial charge in [0.15, 0.2) is 0 Å². The van der Waals surface area contributed by atoms with E-state index in [1.54, 1.807) is 38.5 Å². The van der Waals surface area contributed by atoms with Crippen molar-refractivity contribution >= 4 is 17.5 Å². The van der Waals surface area contributed by atoms with E-state index in [-0.39, 0.29) is 5.41 Å². The number of anilines is 1. The van der Waals surface area contributed by atoms with Crippen molar-refractivity contribution in [3.63, 3.8) is 0 Å². The first-order valence-corrected chi connectivity index (χ1v) is 9.52. The fourth-order valence-electron chi connectivity index (χ4n) is 3.49. The summed E-state index contributed by atoms with van der Waals surface area (Å²) in [6, 6.07) is 14.7. The average molecular weight is 398 g/mol. The molecule has 1 heterocycles. The zero-order chi connectivity index (χ0) is 20.7. The zero-order valence-corrected chi connectivity index (χ0v) is 16.7. The molecule has 0 radical (unpaired) electrons. The Morgan fingerprint density at radius 3 is 2.31 bits per heavy atom. The number of hydrogen-bond donors (Lipinski definition) is 2. The molecule has 0 saturated carbocycles. The number of nitrogens with one attached hydrogen (secondary N) is 2. The number of carbonyl (C=O) groups excluding carboxylic acids is 2. The second-order valence-corrected chi connectivity index (χ2v) is 6.99. The van der Waals surface area contributed by atoms with Crippen LogP contribution in [0, 0.1) is 0 Å². The van der Waals surface area contributed by atoms with E-state index in [1.165, 1.54) is 0 Å². The lowest BCUT2D eigenvalue weighted by atomic mass is 9.74. The van der Waals surface area contributed by atoms with Crippen molar-refractivity contribution < 1.29 is 23.8 Å². The van der Waals surface area contributed by atoms with E-state index in [0.717, 1.165) is 24.2 Å². The Bertz CT molecular complexity index is 845. The van der Waals surface area contributed by atoms with Gasteiger partial charge in [0.2, 0.25) is 0 Å². The molecule has 29 heavy (non-hydrogen) atoms. The van der Waals surface area contributed by atoms with Gasteiger partial charge in [0.05, 0.1) is 14.2 Å². The Labute approximate surface area is 170 Å². The summed E-state index contributed by atoms with van der Waals surface area (Å²) >= 11 is 0. The van der Waals surface area contributed by atoms with Gasteiger partial charge in [-0.3, -0.25) is 9.59 Å². The van der Waals surface area contributed by atoms with Crippen LogP contribution in [0.25, 0.3) is 0 Å². The van der Waals surface area contributed by atoms with Gasteiger partial charge in [-0.25, -0.2) is 0 Å². The van der Waals surface area contributed by atoms with Gasteiger partial charge in [-0.15, -0.1) is 0 Å². The monoisotopic (exact) mass is 398 g/mol. The van der Waals surface area contributed by atoms with Crippen LogP contribution in [0.5, 0.6) is 11.5 Å². The third-order valence-electron chi connectivity index (χ3n) is 5.27. The highest BCUT2D eigenvalue weighted by molar-refractivity contribution is 6.39. The molecule has 1 aliphatic heterocycles. The number of benzene rings is 2. The number of hydrogen-bond acceptors (Lipinski definition) is 5. The molecular formula is C22H26N2O5. The second-order valence-electron chi connectivity index (χ2n) is 6.99. The summed E-state index contributed by atoms with van der Waals surface area (Å²) in [5.41, 5.74) is 1.31. The molecule has 7 heteroatoms. The third kappa shape index (κ3) is 5.06. The molecule has 1 aliphatic rings. The number of methoxy groups -OCH3 is 2. The smallest absolute Gasteiger partial charge is 0.313 e. The van der Waals surface area contributed by atoms with E-state index in [1.807, 2.05) is 24.3 Å². The van der Waals surface area contributed by atoms with Crippen molar-refractivity contribution in [1.82, 2.24) is 5.32 Å². The minimum absolute atomic E-state index is 0.281. The molecule has 2 amide bonds. The Morgan fingerprint density at radius 2 is 1.66 bits per heavy atom. The molecule has 154 valence electrons. The van der Waals surface area contributed by atoms with Crippen LogP contribution in [0.2, 0.25) is 0 Å². The molecule has 2 aromatic carbocycles. The minimum Gasteiger partial charge on any atom is -0.497 e. The fraction of sp³-hybridized carbons (Fsp3) is 0.364. The summed E-state index contributed by atoms with van der Waals surface area (Å²) in [5, 5.41) is 5.40. The third-order valence-corrected chi connectivity index (χ3v) is 5.27. The Hall–Kier alpha value is -3.06. The lowest BCUT2D eigenvalue weighted by Gasteiger charge is -2.38. The highest BCUT2D eigenvalue weighted by Crippen LogP contribution is 2.35. The molecule has 0 spiro atoms. The Balaban J connectivity index is 1.66. The fourth-order valence-corrected chi connectivity index (χ4v) is 3.49. The van der Waals surface area contributed by atoms with E-state index in [4.69, 9.17) is 14.2 Å². The van der Waals surface area contributed by atoms with Crippen LogP contribution in [0.3, 0.4) is 0 Å². The predicted molar refractivity (Wildman–Crippen MR) is 109 cm³/mol. The lowest BCUT2D eigenvalue weighted by Crippen LogP contribution is -2.47. The van der Waals surface area contributed by atoms with Crippen LogP contribution in [-0.2, 0) is 19.7 Å². The van der Waals surface area contributed by atoms with E-state index >= 15 is 0 Å².